The van der Waals surface area contributed by atoms with Gasteiger partial charge in [0.15, 0.2) is 0 Å². The third-order valence-corrected chi connectivity index (χ3v) is 3.49. The molecule has 1 heterocycles. The minimum Gasteiger partial charge on any atom is -0.497 e. The average molecular weight is 250 g/mol. The van der Waals surface area contributed by atoms with Gasteiger partial charge >= 0.3 is 0 Å². The van der Waals surface area contributed by atoms with Crippen LogP contribution in [-0.2, 0) is 0 Å². The number of methoxy groups -OCH3 is 2. The lowest BCUT2D eigenvalue weighted by molar-refractivity contribution is 0.385. The predicted octanol–water partition coefficient (Wildman–Crippen LogP) is 1.89. The van der Waals surface area contributed by atoms with Crippen molar-refractivity contribution in [1.29, 1.82) is 0 Å². The lowest BCUT2D eigenvalue weighted by Gasteiger charge is -2.41. The number of rotatable bonds is 3. The second kappa shape index (κ2) is 5.48. The van der Waals surface area contributed by atoms with Gasteiger partial charge in [0, 0.05) is 31.2 Å². The van der Waals surface area contributed by atoms with Gasteiger partial charge in [-0.25, -0.2) is 0 Å². The monoisotopic (exact) mass is 250 g/mol. The number of hydrogen-bond donors (Lipinski definition) is 1. The van der Waals surface area contributed by atoms with Crippen molar-refractivity contribution in [3.63, 3.8) is 0 Å². The summed E-state index contributed by atoms with van der Waals surface area (Å²) in [6.07, 6.45) is 0. The van der Waals surface area contributed by atoms with E-state index in [1.54, 1.807) is 14.2 Å². The first-order valence-electron chi connectivity index (χ1n) is 6.38. The normalized spacial score (nSPS) is 23.9. The molecule has 1 aromatic carbocycles. The van der Waals surface area contributed by atoms with Crippen LogP contribution in [-0.4, -0.2) is 39.4 Å². The van der Waals surface area contributed by atoms with E-state index in [0.717, 1.165) is 30.3 Å². The molecule has 1 aromatic rings. The lowest BCUT2D eigenvalue weighted by atomic mass is 10.1. The fourth-order valence-electron chi connectivity index (χ4n) is 2.61. The number of ether oxygens (including phenoxy) is 2. The van der Waals surface area contributed by atoms with E-state index in [1.807, 2.05) is 12.1 Å². The predicted molar refractivity (Wildman–Crippen MR) is 73.8 cm³/mol. The first-order chi connectivity index (χ1) is 8.67. The summed E-state index contributed by atoms with van der Waals surface area (Å²) in [6, 6.07) is 6.92. The second-order valence-corrected chi connectivity index (χ2v) is 4.80. The first kappa shape index (κ1) is 13.0. The summed E-state index contributed by atoms with van der Waals surface area (Å²) < 4.78 is 10.7. The van der Waals surface area contributed by atoms with Crippen LogP contribution in [0.25, 0.3) is 0 Å². The molecule has 1 saturated heterocycles. The Morgan fingerprint density at radius 1 is 1.11 bits per heavy atom. The summed E-state index contributed by atoms with van der Waals surface area (Å²) in [5.74, 6) is 1.70. The van der Waals surface area contributed by atoms with Crippen molar-refractivity contribution >= 4 is 5.69 Å². The maximum Gasteiger partial charge on any atom is 0.145 e. The molecule has 0 spiro atoms. The van der Waals surface area contributed by atoms with Crippen molar-refractivity contribution in [3.8, 4) is 11.5 Å². The van der Waals surface area contributed by atoms with E-state index >= 15 is 0 Å². The largest absolute Gasteiger partial charge is 0.497 e. The molecule has 0 saturated carbocycles. The molecule has 18 heavy (non-hydrogen) atoms. The molecule has 2 rings (SSSR count). The summed E-state index contributed by atoms with van der Waals surface area (Å²) in [4.78, 5) is 2.41. The smallest absolute Gasteiger partial charge is 0.145 e. The van der Waals surface area contributed by atoms with Crippen LogP contribution < -0.4 is 19.7 Å². The zero-order chi connectivity index (χ0) is 13.1. The molecule has 100 valence electrons. The van der Waals surface area contributed by atoms with Crippen molar-refractivity contribution in [2.45, 2.75) is 25.9 Å². The van der Waals surface area contributed by atoms with Crippen LogP contribution in [0.4, 0.5) is 5.69 Å². The van der Waals surface area contributed by atoms with Crippen molar-refractivity contribution in [2.75, 3.05) is 32.2 Å². The SMILES string of the molecule is COc1ccc(N2C(C)CNCC2C)c(OC)c1. The summed E-state index contributed by atoms with van der Waals surface area (Å²) in [6.45, 7) is 6.46. The maximum atomic E-state index is 5.50. The van der Waals surface area contributed by atoms with Crippen LogP contribution in [0, 0.1) is 0 Å². The Morgan fingerprint density at radius 3 is 2.33 bits per heavy atom. The highest BCUT2D eigenvalue weighted by Gasteiger charge is 2.26. The van der Waals surface area contributed by atoms with Crippen LogP contribution in [0.15, 0.2) is 18.2 Å². The Balaban J connectivity index is 2.36. The summed E-state index contributed by atoms with van der Waals surface area (Å²) in [5, 5.41) is 3.44. The topological polar surface area (TPSA) is 33.7 Å². The highest BCUT2D eigenvalue weighted by atomic mass is 16.5. The molecule has 0 amide bonds. The Hall–Kier alpha value is -1.42. The number of anilines is 1. The van der Waals surface area contributed by atoms with Gasteiger partial charge < -0.3 is 19.7 Å². The Labute approximate surface area is 109 Å². The Morgan fingerprint density at radius 2 is 1.78 bits per heavy atom. The molecule has 0 bridgehead atoms. The lowest BCUT2D eigenvalue weighted by Crippen LogP contribution is -2.55. The molecule has 0 radical (unpaired) electrons. The molecular formula is C14H22N2O2. The molecule has 4 heteroatoms. The van der Waals surface area contributed by atoms with Gasteiger partial charge in [0.2, 0.25) is 0 Å². The van der Waals surface area contributed by atoms with E-state index < -0.39 is 0 Å². The van der Waals surface area contributed by atoms with E-state index in [0.29, 0.717) is 12.1 Å². The number of hydrogen-bond acceptors (Lipinski definition) is 4. The third kappa shape index (κ3) is 2.38. The van der Waals surface area contributed by atoms with Crippen molar-refractivity contribution in [3.05, 3.63) is 18.2 Å². The maximum absolute atomic E-state index is 5.50. The standard InChI is InChI=1S/C14H22N2O2/c1-10-8-15-9-11(2)16(10)13-6-5-12(17-3)7-14(13)18-4/h5-7,10-11,15H,8-9H2,1-4H3. The van der Waals surface area contributed by atoms with Gasteiger partial charge in [-0.2, -0.15) is 0 Å². The van der Waals surface area contributed by atoms with E-state index in [2.05, 4.69) is 30.1 Å². The van der Waals surface area contributed by atoms with Crippen molar-refractivity contribution in [1.82, 2.24) is 5.32 Å². The van der Waals surface area contributed by atoms with Crippen molar-refractivity contribution < 1.29 is 9.47 Å². The van der Waals surface area contributed by atoms with Crippen LogP contribution >= 0.6 is 0 Å². The Bertz CT molecular complexity index is 399. The van der Waals surface area contributed by atoms with E-state index in [1.165, 1.54) is 0 Å². The fourth-order valence-corrected chi connectivity index (χ4v) is 2.61. The quantitative estimate of drug-likeness (QED) is 0.888. The molecular weight excluding hydrogens is 228 g/mol. The van der Waals surface area contributed by atoms with E-state index in [4.69, 9.17) is 9.47 Å². The fraction of sp³-hybridized carbons (Fsp3) is 0.571. The Kier molecular flexibility index (Phi) is 3.97. The van der Waals surface area contributed by atoms with E-state index in [-0.39, 0.29) is 0 Å². The van der Waals surface area contributed by atoms with Crippen molar-refractivity contribution in [2.24, 2.45) is 0 Å². The van der Waals surface area contributed by atoms with Crippen LogP contribution in [0.1, 0.15) is 13.8 Å². The zero-order valence-electron chi connectivity index (χ0n) is 11.6. The number of nitrogens with zero attached hydrogens (tertiary/aromatic N) is 1. The molecule has 4 nitrogen and oxygen atoms in total. The highest BCUT2D eigenvalue weighted by molar-refractivity contribution is 5.62. The molecule has 0 aliphatic carbocycles. The highest BCUT2D eigenvalue weighted by Crippen LogP contribution is 2.35. The summed E-state index contributed by atoms with van der Waals surface area (Å²) in [5.41, 5.74) is 1.14. The number of piperazine rings is 1. The summed E-state index contributed by atoms with van der Waals surface area (Å²) >= 11 is 0. The van der Waals surface area contributed by atoms with Gasteiger partial charge in [-0.1, -0.05) is 0 Å². The van der Waals surface area contributed by atoms with Gasteiger partial charge in [-0.3, -0.25) is 0 Å². The zero-order valence-corrected chi connectivity index (χ0v) is 11.6. The van der Waals surface area contributed by atoms with Gasteiger partial charge in [0.25, 0.3) is 0 Å². The third-order valence-electron chi connectivity index (χ3n) is 3.49. The van der Waals surface area contributed by atoms with Gasteiger partial charge in [0.05, 0.1) is 19.9 Å². The van der Waals surface area contributed by atoms with E-state index in [9.17, 15) is 0 Å². The van der Waals surface area contributed by atoms with Crippen LogP contribution in [0.5, 0.6) is 11.5 Å². The molecule has 2 unspecified atom stereocenters. The minimum absolute atomic E-state index is 0.455. The molecule has 2 atom stereocenters. The van der Waals surface area contributed by atoms with Gasteiger partial charge in [0.1, 0.15) is 11.5 Å². The first-order valence-corrected chi connectivity index (χ1v) is 6.38. The summed E-state index contributed by atoms with van der Waals surface area (Å²) in [7, 11) is 3.38. The molecule has 1 aliphatic rings. The van der Waals surface area contributed by atoms with Crippen LogP contribution in [0.3, 0.4) is 0 Å². The molecule has 1 N–H and O–H groups in total. The molecule has 1 fully saturated rings. The van der Waals surface area contributed by atoms with Crippen LogP contribution in [0.2, 0.25) is 0 Å². The number of benzene rings is 1. The molecule has 0 aromatic heterocycles. The second-order valence-electron chi connectivity index (χ2n) is 4.80. The molecule has 1 aliphatic heterocycles. The van der Waals surface area contributed by atoms with Gasteiger partial charge in [-0.15, -0.1) is 0 Å². The minimum atomic E-state index is 0.455. The van der Waals surface area contributed by atoms with Gasteiger partial charge in [-0.05, 0) is 26.0 Å². The number of nitrogens with one attached hydrogen (secondary N) is 1. The average Bonchev–Trinajstić information content (AvgIpc) is 2.38.